The van der Waals surface area contributed by atoms with E-state index in [4.69, 9.17) is 14.5 Å². The molecule has 7 heteroatoms. The van der Waals surface area contributed by atoms with E-state index in [1.54, 1.807) is 0 Å². The van der Waals surface area contributed by atoms with E-state index in [0.29, 0.717) is 18.2 Å². The van der Waals surface area contributed by atoms with Gasteiger partial charge in [0.05, 0.1) is 36.0 Å². The molecule has 1 aliphatic carbocycles. The summed E-state index contributed by atoms with van der Waals surface area (Å²) in [5, 5.41) is 0.994. The highest BCUT2D eigenvalue weighted by Gasteiger charge is 2.40. The highest BCUT2D eigenvalue weighted by molar-refractivity contribution is 5.85. The smallest absolute Gasteiger partial charge is 0.225 e. The van der Waals surface area contributed by atoms with Crippen molar-refractivity contribution in [3.63, 3.8) is 0 Å². The van der Waals surface area contributed by atoms with Crippen LogP contribution in [0.15, 0.2) is 43.1 Å². The SMILES string of the molecule is c1cnc2cc(N3CC4CC3CO4)nc(O[C@H]3CC[C@@H](n4ccnc4)CC3)c2c1. The van der Waals surface area contributed by atoms with Crippen LogP contribution in [0, 0.1) is 0 Å². The Bertz CT molecular complexity index is 1000. The van der Waals surface area contributed by atoms with Gasteiger partial charge < -0.3 is 18.9 Å². The van der Waals surface area contributed by atoms with Crippen LogP contribution in [0.2, 0.25) is 0 Å². The molecular weight excluding hydrogens is 366 g/mol. The third kappa shape index (κ3) is 3.13. The number of anilines is 1. The van der Waals surface area contributed by atoms with Crippen LogP contribution in [0.25, 0.3) is 10.9 Å². The van der Waals surface area contributed by atoms with Crippen LogP contribution in [-0.4, -0.2) is 50.9 Å². The molecule has 0 N–H and O–H groups in total. The maximum atomic E-state index is 6.48. The lowest BCUT2D eigenvalue weighted by Gasteiger charge is -2.31. The summed E-state index contributed by atoms with van der Waals surface area (Å²) in [7, 11) is 0. The fraction of sp³-hybridized carbons (Fsp3) is 0.500. The standard InChI is InChI=1S/C22H25N5O2/c1-2-19-20(24-7-1)11-21(27-12-18-10-16(27)13-28-18)25-22(19)29-17-5-3-15(4-6-17)26-9-8-23-14-26/h1-2,7-9,11,14-18H,3-6,10,12-13H2/t15-,16?,17+,18?. The van der Waals surface area contributed by atoms with Gasteiger partial charge in [0.15, 0.2) is 0 Å². The number of nitrogens with zero attached hydrogens (tertiary/aromatic N) is 5. The van der Waals surface area contributed by atoms with Crippen LogP contribution in [-0.2, 0) is 4.74 Å². The zero-order valence-corrected chi connectivity index (χ0v) is 16.4. The molecule has 0 spiro atoms. The van der Waals surface area contributed by atoms with Crippen molar-refractivity contribution in [3.05, 3.63) is 43.1 Å². The van der Waals surface area contributed by atoms with E-state index in [1.807, 2.05) is 24.8 Å². The van der Waals surface area contributed by atoms with Crippen LogP contribution >= 0.6 is 0 Å². The Balaban J connectivity index is 1.25. The molecule has 6 rings (SSSR count). The Labute approximate surface area is 169 Å². The highest BCUT2D eigenvalue weighted by Crippen LogP contribution is 2.36. The molecule has 150 valence electrons. The maximum Gasteiger partial charge on any atom is 0.225 e. The second kappa shape index (κ2) is 6.99. The molecule has 2 aliphatic heterocycles. The van der Waals surface area contributed by atoms with Crippen LogP contribution in [0.3, 0.4) is 0 Å². The zero-order chi connectivity index (χ0) is 19.2. The molecule has 0 aromatic carbocycles. The number of hydrogen-bond donors (Lipinski definition) is 0. The second-order valence-electron chi connectivity index (χ2n) is 8.41. The van der Waals surface area contributed by atoms with E-state index >= 15 is 0 Å². The lowest BCUT2D eigenvalue weighted by atomic mass is 9.93. The van der Waals surface area contributed by atoms with Gasteiger partial charge in [-0.05, 0) is 44.2 Å². The minimum atomic E-state index is 0.194. The molecule has 3 fully saturated rings. The van der Waals surface area contributed by atoms with E-state index in [1.165, 1.54) is 0 Å². The fourth-order valence-corrected chi connectivity index (χ4v) is 5.05. The molecule has 3 aromatic rings. The van der Waals surface area contributed by atoms with Crippen LogP contribution in [0.4, 0.5) is 5.82 Å². The molecule has 5 heterocycles. The first-order chi connectivity index (χ1) is 14.3. The van der Waals surface area contributed by atoms with Crippen molar-refractivity contribution in [2.45, 2.75) is 56.4 Å². The number of hydrogen-bond acceptors (Lipinski definition) is 6. The summed E-state index contributed by atoms with van der Waals surface area (Å²) >= 11 is 0. The van der Waals surface area contributed by atoms with Gasteiger partial charge in [0, 0.05) is 37.2 Å². The third-order valence-electron chi connectivity index (χ3n) is 6.61. The van der Waals surface area contributed by atoms with Crippen molar-refractivity contribution in [2.24, 2.45) is 0 Å². The summed E-state index contributed by atoms with van der Waals surface area (Å²) in [6.07, 6.45) is 13.6. The Morgan fingerprint density at radius 3 is 2.79 bits per heavy atom. The molecule has 1 saturated carbocycles. The first-order valence-corrected chi connectivity index (χ1v) is 10.6. The van der Waals surface area contributed by atoms with Gasteiger partial charge in [-0.1, -0.05) is 0 Å². The average Bonchev–Trinajstić information content (AvgIpc) is 3.53. The van der Waals surface area contributed by atoms with E-state index in [-0.39, 0.29) is 6.10 Å². The van der Waals surface area contributed by atoms with Gasteiger partial charge in [0.1, 0.15) is 11.9 Å². The van der Waals surface area contributed by atoms with Gasteiger partial charge in [-0.2, -0.15) is 4.98 Å². The number of morpholine rings is 1. The molecule has 29 heavy (non-hydrogen) atoms. The Kier molecular flexibility index (Phi) is 4.15. The number of rotatable bonds is 4. The highest BCUT2D eigenvalue weighted by atomic mass is 16.5. The Hall–Kier alpha value is -2.67. The summed E-state index contributed by atoms with van der Waals surface area (Å²) in [6.45, 7) is 1.70. The van der Waals surface area contributed by atoms with E-state index in [2.05, 4.69) is 37.8 Å². The van der Waals surface area contributed by atoms with Crippen molar-refractivity contribution in [1.29, 1.82) is 0 Å². The molecule has 3 aromatic heterocycles. The molecule has 2 bridgehead atoms. The van der Waals surface area contributed by atoms with E-state index in [0.717, 1.165) is 67.9 Å². The van der Waals surface area contributed by atoms with Crippen molar-refractivity contribution >= 4 is 16.7 Å². The van der Waals surface area contributed by atoms with Gasteiger partial charge in [0.2, 0.25) is 5.88 Å². The molecule has 3 aliphatic rings. The Morgan fingerprint density at radius 1 is 1.10 bits per heavy atom. The average molecular weight is 391 g/mol. The molecule has 0 amide bonds. The van der Waals surface area contributed by atoms with Gasteiger partial charge in [-0.15, -0.1) is 0 Å². The van der Waals surface area contributed by atoms with Crippen molar-refractivity contribution < 1.29 is 9.47 Å². The maximum absolute atomic E-state index is 6.48. The predicted molar refractivity (Wildman–Crippen MR) is 109 cm³/mol. The topological polar surface area (TPSA) is 65.3 Å². The molecular formula is C22H25N5O2. The quantitative estimate of drug-likeness (QED) is 0.679. The molecule has 2 unspecified atom stereocenters. The minimum Gasteiger partial charge on any atom is -0.474 e. The molecule has 0 radical (unpaired) electrons. The minimum absolute atomic E-state index is 0.194. The summed E-state index contributed by atoms with van der Waals surface area (Å²) in [6, 6.07) is 7.06. The van der Waals surface area contributed by atoms with Gasteiger partial charge in [-0.3, -0.25) is 4.98 Å². The van der Waals surface area contributed by atoms with Crippen LogP contribution in [0.5, 0.6) is 5.88 Å². The van der Waals surface area contributed by atoms with Crippen molar-refractivity contribution in [3.8, 4) is 5.88 Å². The molecule has 2 atom stereocenters. The number of imidazole rings is 1. The summed E-state index contributed by atoms with van der Waals surface area (Å²) in [5.74, 6) is 1.69. The van der Waals surface area contributed by atoms with Crippen LogP contribution in [0.1, 0.15) is 38.1 Å². The van der Waals surface area contributed by atoms with Crippen molar-refractivity contribution in [1.82, 2.24) is 19.5 Å². The predicted octanol–water partition coefficient (Wildman–Crippen LogP) is 3.37. The van der Waals surface area contributed by atoms with Crippen LogP contribution < -0.4 is 9.64 Å². The van der Waals surface area contributed by atoms with Gasteiger partial charge in [0.25, 0.3) is 0 Å². The fourth-order valence-electron chi connectivity index (χ4n) is 5.05. The number of pyridine rings is 2. The first kappa shape index (κ1) is 17.2. The lowest BCUT2D eigenvalue weighted by Crippen LogP contribution is -2.37. The first-order valence-electron chi connectivity index (χ1n) is 10.6. The normalized spacial score (nSPS) is 28.9. The summed E-state index contributed by atoms with van der Waals surface area (Å²) < 4.78 is 14.5. The largest absolute Gasteiger partial charge is 0.474 e. The second-order valence-corrected chi connectivity index (χ2v) is 8.41. The number of aromatic nitrogens is 4. The van der Waals surface area contributed by atoms with Gasteiger partial charge >= 0.3 is 0 Å². The van der Waals surface area contributed by atoms with E-state index in [9.17, 15) is 0 Å². The number of fused-ring (bicyclic) bond motifs is 3. The molecule has 2 saturated heterocycles. The third-order valence-corrected chi connectivity index (χ3v) is 6.61. The zero-order valence-electron chi connectivity index (χ0n) is 16.4. The molecule has 7 nitrogen and oxygen atoms in total. The van der Waals surface area contributed by atoms with Gasteiger partial charge in [-0.25, -0.2) is 4.98 Å². The summed E-state index contributed by atoms with van der Waals surface area (Å²) in [4.78, 5) is 16.1. The Morgan fingerprint density at radius 2 is 2.03 bits per heavy atom. The monoisotopic (exact) mass is 391 g/mol. The number of ether oxygens (including phenoxy) is 2. The van der Waals surface area contributed by atoms with E-state index < -0.39 is 0 Å². The lowest BCUT2D eigenvalue weighted by molar-refractivity contribution is 0.0986. The summed E-state index contributed by atoms with van der Waals surface area (Å²) in [5.41, 5.74) is 0.947. The van der Waals surface area contributed by atoms with Crippen molar-refractivity contribution in [2.75, 3.05) is 18.1 Å².